The molecular weight excluding hydrogens is 212 g/mol. The molecule has 4 nitrogen and oxygen atoms in total. The van der Waals surface area contributed by atoms with Gasteiger partial charge in [0.15, 0.2) is 0 Å². The standard InChI is InChI=1S/C13H16N4/c1-4-15-13-16-7-10(3)12(17-13)11-8-14-6-5-9(11)2/h5-8H,4H2,1-3H3,(H,15,16,17). The molecule has 0 fully saturated rings. The van der Waals surface area contributed by atoms with Crippen LogP contribution in [-0.4, -0.2) is 21.5 Å². The summed E-state index contributed by atoms with van der Waals surface area (Å²) in [6.07, 6.45) is 5.48. The van der Waals surface area contributed by atoms with Crippen LogP contribution in [0.15, 0.2) is 24.7 Å². The van der Waals surface area contributed by atoms with Gasteiger partial charge < -0.3 is 5.32 Å². The molecule has 0 saturated carbocycles. The van der Waals surface area contributed by atoms with Crippen molar-refractivity contribution >= 4 is 5.95 Å². The molecular formula is C13H16N4. The minimum atomic E-state index is 0.663. The molecule has 0 aromatic carbocycles. The first-order valence-electron chi connectivity index (χ1n) is 5.71. The lowest BCUT2D eigenvalue weighted by atomic mass is 10.1. The van der Waals surface area contributed by atoms with Gasteiger partial charge in [0.25, 0.3) is 0 Å². The Balaban J connectivity index is 2.51. The summed E-state index contributed by atoms with van der Waals surface area (Å²) in [4.78, 5) is 12.9. The van der Waals surface area contributed by atoms with Crippen molar-refractivity contribution in [2.75, 3.05) is 11.9 Å². The molecule has 88 valence electrons. The smallest absolute Gasteiger partial charge is 0.223 e. The van der Waals surface area contributed by atoms with Gasteiger partial charge in [0.1, 0.15) is 0 Å². The number of hydrogen-bond donors (Lipinski definition) is 1. The molecule has 1 N–H and O–H groups in total. The molecule has 0 aliphatic carbocycles. The average Bonchev–Trinajstić information content (AvgIpc) is 2.33. The van der Waals surface area contributed by atoms with Gasteiger partial charge in [-0.1, -0.05) is 0 Å². The van der Waals surface area contributed by atoms with Crippen LogP contribution in [0.1, 0.15) is 18.1 Å². The lowest BCUT2D eigenvalue weighted by Crippen LogP contribution is -2.04. The fourth-order valence-corrected chi connectivity index (χ4v) is 1.67. The first-order valence-corrected chi connectivity index (χ1v) is 5.71. The van der Waals surface area contributed by atoms with Crippen molar-refractivity contribution in [3.63, 3.8) is 0 Å². The number of rotatable bonds is 3. The number of nitrogens with zero attached hydrogens (tertiary/aromatic N) is 3. The van der Waals surface area contributed by atoms with Crippen molar-refractivity contribution < 1.29 is 0 Å². The predicted molar refractivity (Wildman–Crippen MR) is 68.9 cm³/mol. The van der Waals surface area contributed by atoms with Gasteiger partial charge in [0.2, 0.25) is 5.95 Å². The maximum Gasteiger partial charge on any atom is 0.223 e. The highest BCUT2D eigenvalue weighted by Crippen LogP contribution is 2.23. The van der Waals surface area contributed by atoms with E-state index in [9.17, 15) is 0 Å². The van der Waals surface area contributed by atoms with E-state index < -0.39 is 0 Å². The third-order valence-electron chi connectivity index (χ3n) is 2.60. The molecule has 0 aliphatic rings. The van der Waals surface area contributed by atoms with E-state index in [4.69, 9.17) is 0 Å². The van der Waals surface area contributed by atoms with Gasteiger partial charge in [0.05, 0.1) is 5.69 Å². The maximum atomic E-state index is 4.53. The van der Waals surface area contributed by atoms with Crippen molar-refractivity contribution in [3.8, 4) is 11.3 Å². The van der Waals surface area contributed by atoms with E-state index in [2.05, 4.69) is 27.2 Å². The Kier molecular flexibility index (Phi) is 3.32. The summed E-state index contributed by atoms with van der Waals surface area (Å²) in [5.41, 5.74) is 4.24. The molecule has 0 amide bonds. The van der Waals surface area contributed by atoms with Crippen LogP contribution in [0.2, 0.25) is 0 Å². The second-order valence-electron chi connectivity index (χ2n) is 3.95. The minimum absolute atomic E-state index is 0.663. The molecule has 0 spiro atoms. The number of hydrogen-bond acceptors (Lipinski definition) is 4. The zero-order chi connectivity index (χ0) is 12.3. The van der Waals surface area contributed by atoms with E-state index in [1.165, 1.54) is 5.56 Å². The topological polar surface area (TPSA) is 50.7 Å². The van der Waals surface area contributed by atoms with Crippen LogP contribution >= 0.6 is 0 Å². The van der Waals surface area contributed by atoms with Gasteiger partial charge >= 0.3 is 0 Å². The Labute approximate surface area is 101 Å². The van der Waals surface area contributed by atoms with Crippen molar-refractivity contribution in [2.45, 2.75) is 20.8 Å². The molecule has 2 heterocycles. The lowest BCUT2D eigenvalue weighted by Gasteiger charge is -2.09. The van der Waals surface area contributed by atoms with Crippen LogP contribution < -0.4 is 5.32 Å². The second kappa shape index (κ2) is 4.91. The van der Waals surface area contributed by atoms with Gasteiger partial charge in [-0.25, -0.2) is 9.97 Å². The molecule has 0 bridgehead atoms. The summed E-state index contributed by atoms with van der Waals surface area (Å²) in [5, 5.41) is 3.12. The molecule has 0 aliphatic heterocycles. The highest BCUT2D eigenvalue weighted by atomic mass is 15.1. The van der Waals surface area contributed by atoms with E-state index in [-0.39, 0.29) is 0 Å². The Bertz CT molecular complexity index is 523. The highest BCUT2D eigenvalue weighted by Gasteiger charge is 2.08. The van der Waals surface area contributed by atoms with Crippen molar-refractivity contribution in [1.82, 2.24) is 15.0 Å². The Morgan fingerprint density at radius 1 is 1.18 bits per heavy atom. The van der Waals surface area contributed by atoms with Gasteiger partial charge in [-0.2, -0.15) is 0 Å². The fraction of sp³-hybridized carbons (Fsp3) is 0.308. The summed E-state index contributed by atoms with van der Waals surface area (Å²) in [6, 6.07) is 1.99. The third kappa shape index (κ3) is 2.41. The van der Waals surface area contributed by atoms with E-state index in [0.29, 0.717) is 5.95 Å². The van der Waals surface area contributed by atoms with Gasteiger partial charge in [0, 0.05) is 30.7 Å². The molecule has 2 aromatic heterocycles. The molecule has 17 heavy (non-hydrogen) atoms. The van der Waals surface area contributed by atoms with E-state index in [0.717, 1.165) is 23.4 Å². The first kappa shape index (κ1) is 11.5. The SMILES string of the molecule is CCNc1ncc(C)c(-c2cnccc2C)n1. The summed E-state index contributed by atoms with van der Waals surface area (Å²) >= 11 is 0. The Morgan fingerprint density at radius 2 is 2.00 bits per heavy atom. The zero-order valence-electron chi connectivity index (χ0n) is 10.4. The van der Waals surface area contributed by atoms with Crippen LogP contribution in [0.3, 0.4) is 0 Å². The monoisotopic (exact) mass is 228 g/mol. The predicted octanol–water partition coefficient (Wildman–Crippen LogP) is 2.59. The van der Waals surface area contributed by atoms with Gasteiger partial charge in [-0.05, 0) is 38.0 Å². The fourth-order valence-electron chi connectivity index (χ4n) is 1.67. The second-order valence-corrected chi connectivity index (χ2v) is 3.95. The normalized spacial score (nSPS) is 10.3. The maximum absolute atomic E-state index is 4.53. The molecule has 0 unspecified atom stereocenters. The van der Waals surface area contributed by atoms with Gasteiger partial charge in [-0.15, -0.1) is 0 Å². The number of aromatic nitrogens is 3. The summed E-state index contributed by atoms with van der Waals surface area (Å²) in [6.45, 7) is 6.91. The van der Waals surface area contributed by atoms with Crippen LogP contribution in [-0.2, 0) is 0 Å². The number of pyridine rings is 1. The summed E-state index contributed by atoms with van der Waals surface area (Å²) in [7, 11) is 0. The average molecular weight is 228 g/mol. The van der Waals surface area contributed by atoms with Crippen molar-refractivity contribution in [3.05, 3.63) is 35.8 Å². The zero-order valence-corrected chi connectivity index (χ0v) is 10.4. The van der Waals surface area contributed by atoms with Crippen molar-refractivity contribution in [1.29, 1.82) is 0 Å². The number of anilines is 1. The highest BCUT2D eigenvalue weighted by molar-refractivity contribution is 5.66. The van der Waals surface area contributed by atoms with Gasteiger partial charge in [-0.3, -0.25) is 4.98 Å². The van der Waals surface area contributed by atoms with E-state index >= 15 is 0 Å². The number of aryl methyl sites for hydroxylation is 2. The Hall–Kier alpha value is -1.97. The lowest BCUT2D eigenvalue weighted by molar-refractivity contribution is 1.07. The molecule has 2 rings (SSSR count). The third-order valence-corrected chi connectivity index (χ3v) is 2.60. The molecule has 0 saturated heterocycles. The van der Waals surface area contributed by atoms with Crippen LogP contribution in [0, 0.1) is 13.8 Å². The van der Waals surface area contributed by atoms with Crippen LogP contribution in [0.4, 0.5) is 5.95 Å². The van der Waals surface area contributed by atoms with Crippen LogP contribution in [0.5, 0.6) is 0 Å². The summed E-state index contributed by atoms with van der Waals surface area (Å²) < 4.78 is 0. The minimum Gasteiger partial charge on any atom is -0.354 e. The van der Waals surface area contributed by atoms with E-state index in [1.54, 1.807) is 6.20 Å². The number of nitrogens with one attached hydrogen (secondary N) is 1. The quantitative estimate of drug-likeness (QED) is 0.877. The molecule has 2 aromatic rings. The first-order chi connectivity index (χ1) is 8.22. The molecule has 4 heteroatoms. The molecule has 0 radical (unpaired) electrons. The largest absolute Gasteiger partial charge is 0.354 e. The van der Waals surface area contributed by atoms with E-state index in [1.807, 2.05) is 32.3 Å². The van der Waals surface area contributed by atoms with Crippen molar-refractivity contribution in [2.24, 2.45) is 0 Å². The Morgan fingerprint density at radius 3 is 2.71 bits per heavy atom. The summed E-state index contributed by atoms with van der Waals surface area (Å²) in [5.74, 6) is 0.663. The van der Waals surface area contributed by atoms with Crippen LogP contribution in [0.25, 0.3) is 11.3 Å². The molecule has 0 atom stereocenters.